The fraction of sp³-hybridized carbons (Fsp3) is 0.303. The first-order chi connectivity index (χ1) is 20.3. The number of carbonyl (C=O) groups excluding carboxylic acids is 2. The van der Waals surface area contributed by atoms with Gasteiger partial charge in [0.05, 0.1) is 18.0 Å². The van der Waals surface area contributed by atoms with E-state index in [9.17, 15) is 14.7 Å². The zero-order chi connectivity index (χ0) is 31.3. The van der Waals surface area contributed by atoms with E-state index in [1.165, 1.54) is 13.0 Å². The minimum atomic E-state index is -0.451. The first kappa shape index (κ1) is 31.0. The number of phenols is 1. The third-order valence-corrected chi connectivity index (χ3v) is 7.62. The van der Waals surface area contributed by atoms with Crippen molar-refractivity contribution in [3.05, 3.63) is 76.4 Å². The van der Waals surface area contributed by atoms with E-state index in [0.29, 0.717) is 41.6 Å². The summed E-state index contributed by atoms with van der Waals surface area (Å²) in [5.74, 6) is 1.03. The number of phenolic OH excluding ortho intramolecular Hbond substituents is 1. The van der Waals surface area contributed by atoms with Gasteiger partial charge in [-0.05, 0) is 99.2 Å². The van der Waals surface area contributed by atoms with E-state index in [0.717, 1.165) is 46.4 Å². The number of amides is 2. The lowest BCUT2D eigenvalue weighted by molar-refractivity contribution is -0.114. The smallest absolute Gasteiger partial charge is 0.248 e. The molecule has 1 unspecified atom stereocenters. The quantitative estimate of drug-likeness (QED) is 0.128. The number of hydrogen-bond donors (Lipinski definition) is 5. The molecule has 3 aromatic rings. The number of nitrogens with zero attached hydrogens (tertiary/aromatic N) is 1. The summed E-state index contributed by atoms with van der Waals surface area (Å²) < 4.78 is 12.6. The lowest BCUT2D eigenvalue weighted by Crippen LogP contribution is -2.38. The minimum absolute atomic E-state index is 0.0286. The predicted octanol–water partition coefficient (Wildman–Crippen LogP) is 5.39. The monoisotopic (exact) mass is 585 g/mol. The maximum absolute atomic E-state index is 12.6. The Kier molecular flexibility index (Phi) is 9.28. The maximum atomic E-state index is 12.6. The largest absolute Gasteiger partial charge is 0.507 e. The van der Waals surface area contributed by atoms with Crippen LogP contribution >= 0.6 is 0 Å². The van der Waals surface area contributed by atoms with Gasteiger partial charge in [-0.25, -0.2) is 4.99 Å². The first-order valence-corrected chi connectivity index (χ1v) is 14.1. The van der Waals surface area contributed by atoms with Gasteiger partial charge in [0, 0.05) is 30.7 Å². The normalized spacial score (nSPS) is 15.7. The summed E-state index contributed by atoms with van der Waals surface area (Å²) in [6.07, 6.45) is 5.27. The summed E-state index contributed by atoms with van der Waals surface area (Å²) in [7, 11) is 0. The number of aliphatic imine (C=N–C) groups is 1. The van der Waals surface area contributed by atoms with Gasteiger partial charge < -0.3 is 36.7 Å². The minimum Gasteiger partial charge on any atom is -0.507 e. The highest BCUT2D eigenvalue weighted by Crippen LogP contribution is 2.44. The van der Waals surface area contributed by atoms with Crippen molar-refractivity contribution >= 4 is 40.9 Å². The topological polar surface area (TPSA) is 161 Å². The van der Waals surface area contributed by atoms with Gasteiger partial charge in [-0.15, -0.1) is 0 Å². The second-order valence-corrected chi connectivity index (χ2v) is 11.0. The highest BCUT2D eigenvalue weighted by atomic mass is 16.5. The SMILES string of the molecule is CC(=O)Nc1cc(NC(=O)C=Cc2ccc(N=C(N)N)cc2)ccc1OCCC1(C)CCc2c(C)c(O)c(C)c(C)c2O1. The summed E-state index contributed by atoms with van der Waals surface area (Å²) in [4.78, 5) is 28.5. The summed E-state index contributed by atoms with van der Waals surface area (Å²) in [6.45, 7) is 9.63. The summed E-state index contributed by atoms with van der Waals surface area (Å²) >= 11 is 0. The van der Waals surface area contributed by atoms with E-state index < -0.39 is 5.60 Å². The maximum Gasteiger partial charge on any atom is 0.248 e. The molecule has 3 aromatic carbocycles. The fourth-order valence-electron chi connectivity index (χ4n) is 5.03. The summed E-state index contributed by atoms with van der Waals surface area (Å²) in [5, 5.41) is 16.0. The molecule has 1 aliphatic heterocycles. The van der Waals surface area contributed by atoms with Gasteiger partial charge in [0.25, 0.3) is 0 Å². The van der Waals surface area contributed by atoms with E-state index in [2.05, 4.69) is 22.5 Å². The average Bonchev–Trinajstić information content (AvgIpc) is 2.95. The van der Waals surface area contributed by atoms with Gasteiger partial charge in [-0.3, -0.25) is 9.59 Å². The standard InChI is InChI=1S/C33H39N5O5/c1-19-20(2)31-26(21(3)30(19)41)14-15-33(5,43-31)16-17-42-28-12-11-25(18-27(28)36-22(4)39)37-29(40)13-8-23-6-9-24(10-7-23)38-32(34)35/h6-13,18,41H,14-17H2,1-5H3,(H,36,39)(H,37,40)(H4,34,35,38). The highest BCUT2D eigenvalue weighted by molar-refractivity contribution is 6.02. The summed E-state index contributed by atoms with van der Waals surface area (Å²) in [6, 6.07) is 12.1. The van der Waals surface area contributed by atoms with Crippen LogP contribution in [-0.2, 0) is 16.0 Å². The van der Waals surface area contributed by atoms with Crippen molar-refractivity contribution in [1.29, 1.82) is 0 Å². The molecule has 1 atom stereocenters. The molecule has 0 fully saturated rings. The first-order valence-electron chi connectivity index (χ1n) is 14.1. The Balaban J connectivity index is 1.40. The Labute approximate surface area is 251 Å². The molecule has 1 heterocycles. The Morgan fingerprint density at radius 3 is 2.47 bits per heavy atom. The number of ether oxygens (including phenoxy) is 2. The van der Waals surface area contributed by atoms with Gasteiger partial charge in [0.15, 0.2) is 5.96 Å². The number of carbonyl (C=O) groups is 2. The van der Waals surface area contributed by atoms with E-state index in [4.69, 9.17) is 20.9 Å². The number of fused-ring (bicyclic) bond motifs is 1. The van der Waals surface area contributed by atoms with Gasteiger partial charge in [0.1, 0.15) is 22.8 Å². The second-order valence-electron chi connectivity index (χ2n) is 11.0. The van der Waals surface area contributed by atoms with Crippen molar-refractivity contribution in [3.8, 4) is 17.2 Å². The molecule has 0 radical (unpaired) electrons. The van der Waals surface area contributed by atoms with Gasteiger partial charge >= 0.3 is 0 Å². The molecule has 1 aliphatic rings. The van der Waals surface area contributed by atoms with E-state index in [1.807, 2.05) is 20.8 Å². The fourth-order valence-corrected chi connectivity index (χ4v) is 5.03. The second kappa shape index (κ2) is 12.9. The highest BCUT2D eigenvalue weighted by Gasteiger charge is 2.34. The Morgan fingerprint density at radius 1 is 1.07 bits per heavy atom. The molecule has 10 heteroatoms. The molecule has 4 rings (SSSR count). The number of hydrogen-bond acceptors (Lipinski definition) is 6. The van der Waals surface area contributed by atoms with Gasteiger partial charge in [0.2, 0.25) is 11.8 Å². The van der Waals surface area contributed by atoms with Crippen molar-refractivity contribution in [2.24, 2.45) is 16.5 Å². The predicted molar refractivity (Wildman–Crippen MR) is 170 cm³/mol. The molecule has 0 saturated carbocycles. The van der Waals surface area contributed by atoms with Crippen molar-refractivity contribution in [2.45, 2.75) is 59.5 Å². The molecule has 0 saturated heterocycles. The van der Waals surface area contributed by atoms with Crippen LogP contribution in [0, 0.1) is 20.8 Å². The Bertz CT molecular complexity index is 1590. The molecule has 0 spiro atoms. The molecule has 226 valence electrons. The lowest BCUT2D eigenvalue weighted by atomic mass is 9.86. The average molecular weight is 586 g/mol. The van der Waals surface area contributed by atoms with Crippen LogP contribution in [0.1, 0.15) is 54.5 Å². The molecule has 0 aliphatic carbocycles. The number of guanidine groups is 1. The summed E-state index contributed by atoms with van der Waals surface area (Å²) in [5.41, 5.74) is 16.4. The van der Waals surface area contributed by atoms with Crippen molar-refractivity contribution in [1.82, 2.24) is 0 Å². The number of anilines is 2. The molecule has 0 bridgehead atoms. The number of nitrogens with one attached hydrogen (secondary N) is 2. The number of aromatic hydroxyl groups is 1. The third-order valence-electron chi connectivity index (χ3n) is 7.62. The van der Waals surface area contributed by atoms with E-state index >= 15 is 0 Å². The Morgan fingerprint density at radius 2 is 1.79 bits per heavy atom. The number of nitrogens with two attached hydrogens (primary N) is 2. The van der Waals surface area contributed by atoms with Crippen LogP contribution in [0.5, 0.6) is 17.2 Å². The van der Waals surface area contributed by atoms with E-state index in [-0.39, 0.29) is 17.8 Å². The number of rotatable bonds is 9. The van der Waals surface area contributed by atoms with Crippen LogP contribution in [0.4, 0.5) is 17.1 Å². The van der Waals surface area contributed by atoms with Crippen molar-refractivity contribution in [3.63, 3.8) is 0 Å². The molecular formula is C33H39N5O5. The number of benzene rings is 3. The van der Waals surface area contributed by atoms with Crippen LogP contribution < -0.4 is 31.6 Å². The molecule has 7 N–H and O–H groups in total. The molecular weight excluding hydrogens is 546 g/mol. The van der Waals surface area contributed by atoms with Crippen molar-refractivity contribution < 1.29 is 24.2 Å². The van der Waals surface area contributed by atoms with Crippen LogP contribution in [0.3, 0.4) is 0 Å². The molecule has 0 aromatic heterocycles. The lowest BCUT2D eigenvalue weighted by Gasteiger charge is -2.38. The molecule has 10 nitrogen and oxygen atoms in total. The zero-order valence-corrected chi connectivity index (χ0v) is 25.2. The molecule has 43 heavy (non-hydrogen) atoms. The van der Waals surface area contributed by atoms with Crippen LogP contribution in [0.25, 0.3) is 6.08 Å². The van der Waals surface area contributed by atoms with E-state index in [1.54, 1.807) is 48.5 Å². The van der Waals surface area contributed by atoms with Crippen LogP contribution in [0.2, 0.25) is 0 Å². The van der Waals surface area contributed by atoms with Gasteiger partial charge in [-0.2, -0.15) is 0 Å². The zero-order valence-electron chi connectivity index (χ0n) is 25.2. The van der Waals surface area contributed by atoms with Crippen LogP contribution in [0.15, 0.2) is 53.5 Å². The van der Waals surface area contributed by atoms with Gasteiger partial charge in [-0.1, -0.05) is 12.1 Å². The van der Waals surface area contributed by atoms with Crippen LogP contribution in [-0.4, -0.2) is 35.1 Å². The van der Waals surface area contributed by atoms with Crippen molar-refractivity contribution in [2.75, 3.05) is 17.2 Å². The third kappa shape index (κ3) is 7.65. The molecule has 2 amide bonds. The Hall–Kier alpha value is -4.99.